The molecule has 1 aliphatic heterocycles. The number of nitrogens with one attached hydrogen (secondary N) is 1. The first-order valence-corrected chi connectivity index (χ1v) is 5.37. The molecule has 0 radical (unpaired) electrons. The molecule has 16 heavy (non-hydrogen) atoms. The van der Waals surface area contributed by atoms with Gasteiger partial charge >= 0.3 is 5.97 Å². The van der Waals surface area contributed by atoms with Crippen LogP contribution in [0.4, 0.5) is 5.69 Å². The summed E-state index contributed by atoms with van der Waals surface area (Å²) in [6, 6.07) is 6.04. The molecule has 0 aliphatic carbocycles. The predicted molar refractivity (Wildman–Crippen MR) is 62.2 cm³/mol. The monoisotopic (exact) mass is 220 g/mol. The number of esters is 1. The van der Waals surface area contributed by atoms with Gasteiger partial charge in [-0.15, -0.1) is 0 Å². The number of rotatable bonds is 2. The molecule has 1 aromatic carbocycles. The normalized spacial score (nSPS) is 14.1. The zero-order chi connectivity index (χ0) is 11.7. The van der Waals surface area contributed by atoms with Crippen molar-refractivity contribution in [2.24, 2.45) is 0 Å². The van der Waals surface area contributed by atoms with Crippen LogP contribution in [0, 0.1) is 0 Å². The van der Waals surface area contributed by atoms with Gasteiger partial charge in [0.15, 0.2) is 0 Å². The van der Waals surface area contributed by atoms with Crippen LogP contribution < -0.4 is 10.4 Å². The number of hydrogen-bond donors (Lipinski definition) is 1. The number of anilines is 1. The minimum Gasteiger partial charge on any atom is -0.465 e. The van der Waals surface area contributed by atoms with Gasteiger partial charge in [-0.05, 0) is 37.6 Å². The lowest BCUT2D eigenvalue weighted by Crippen LogP contribution is -2.37. The van der Waals surface area contributed by atoms with Crippen LogP contribution in [0.3, 0.4) is 0 Å². The molecule has 1 aromatic rings. The molecular weight excluding hydrogens is 204 g/mol. The van der Waals surface area contributed by atoms with Gasteiger partial charge < -0.3 is 9.75 Å². The van der Waals surface area contributed by atoms with Crippen molar-refractivity contribution in [1.29, 1.82) is 0 Å². The van der Waals surface area contributed by atoms with Gasteiger partial charge in [-0.1, -0.05) is 0 Å². The van der Waals surface area contributed by atoms with Crippen LogP contribution >= 0.6 is 0 Å². The first-order chi connectivity index (χ1) is 7.63. The smallest absolute Gasteiger partial charge is 0.337 e. The van der Waals surface area contributed by atoms with Gasteiger partial charge in [0, 0.05) is 12.6 Å². The van der Waals surface area contributed by atoms with E-state index in [1.54, 1.807) is 6.07 Å². The fourth-order valence-corrected chi connectivity index (χ4v) is 1.92. The second-order valence-electron chi connectivity index (χ2n) is 4.13. The number of methoxy groups -OCH3 is 1. The minimum absolute atomic E-state index is 0.286. The molecule has 86 valence electrons. The summed E-state index contributed by atoms with van der Waals surface area (Å²) in [6.45, 7) is 5.00. The summed E-state index contributed by atoms with van der Waals surface area (Å²) >= 11 is 0. The van der Waals surface area contributed by atoms with Gasteiger partial charge in [0.2, 0.25) is 0 Å². The molecule has 0 aromatic heterocycles. The zero-order valence-electron chi connectivity index (χ0n) is 9.78. The van der Waals surface area contributed by atoms with Gasteiger partial charge in [0.25, 0.3) is 0 Å². The van der Waals surface area contributed by atoms with Crippen LogP contribution in [-0.4, -0.2) is 19.1 Å². The van der Waals surface area contributed by atoms with E-state index in [0.29, 0.717) is 11.6 Å². The Kier molecular flexibility index (Phi) is 2.83. The molecule has 0 atom stereocenters. The average molecular weight is 220 g/mol. The van der Waals surface area contributed by atoms with E-state index in [9.17, 15) is 4.79 Å². The fraction of sp³-hybridized carbons (Fsp3) is 0.417. The van der Waals surface area contributed by atoms with Gasteiger partial charge in [0.05, 0.1) is 18.4 Å². The second kappa shape index (κ2) is 4.14. The molecule has 1 N–H and O–H groups in total. The highest BCUT2D eigenvalue weighted by Gasteiger charge is 2.22. The number of carbonyl (C=O) groups is 1. The molecule has 0 amide bonds. The molecule has 4 nitrogen and oxygen atoms in total. The second-order valence-corrected chi connectivity index (χ2v) is 4.13. The third kappa shape index (κ3) is 1.76. The Hall–Kier alpha value is -1.55. The first-order valence-electron chi connectivity index (χ1n) is 5.37. The number of carbonyl (C=O) groups excluding carboxylic acids is 1. The largest absolute Gasteiger partial charge is 0.465 e. The Morgan fingerprint density at radius 2 is 2.25 bits per heavy atom. The van der Waals surface area contributed by atoms with E-state index in [-0.39, 0.29) is 5.97 Å². The maximum absolute atomic E-state index is 11.4. The Morgan fingerprint density at radius 1 is 1.50 bits per heavy atom. The molecule has 1 aliphatic rings. The summed E-state index contributed by atoms with van der Waals surface area (Å²) in [5.74, 6) is -0.286. The van der Waals surface area contributed by atoms with Crippen LogP contribution in [0.2, 0.25) is 0 Å². The Bertz CT molecular complexity index is 415. The van der Waals surface area contributed by atoms with E-state index in [0.717, 1.165) is 17.8 Å². The quantitative estimate of drug-likeness (QED) is 0.770. The van der Waals surface area contributed by atoms with Gasteiger partial charge in [-0.25, -0.2) is 10.2 Å². The van der Waals surface area contributed by atoms with E-state index >= 15 is 0 Å². The predicted octanol–water partition coefficient (Wildman–Crippen LogP) is 1.71. The maximum Gasteiger partial charge on any atom is 0.337 e. The van der Waals surface area contributed by atoms with Crippen molar-refractivity contribution >= 4 is 11.7 Å². The van der Waals surface area contributed by atoms with Crippen molar-refractivity contribution in [3.63, 3.8) is 0 Å². The third-order valence-electron chi connectivity index (χ3n) is 2.72. The number of nitrogens with zero attached hydrogens (tertiary/aromatic N) is 1. The van der Waals surface area contributed by atoms with Crippen molar-refractivity contribution in [1.82, 2.24) is 5.43 Å². The molecular formula is C12H16N2O2. The van der Waals surface area contributed by atoms with Crippen molar-refractivity contribution < 1.29 is 9.53 Å². The summed E-state index contributed by atoms with van der Waals surface area (Å²) in [7, 11) is 1.40. The van der Waals surface area contributed by atoms with Crippen molar-refractivity contribution in [3.05, 3.63) is 29.3 Å². The maximum atomic E-state index is 11.4. The lowest BCUT2D eigenvalue weighted by atomic mass is 10.1. The van der Waals surface area contributed by atoms with E-state index in [4.69, 9.17) is 4.74 Å². The zero-order valence-corrected chi connectivity index (χ0v) is 9.78. The number of fused-ring (bicyclic) bond motifs is 1. The Morgan fingerprint density at radius 3 is 2.88 bits per heavy atom. The van der Waals surface area contributed by atoms with Crippen molar-refractivity contribution in [3.8, 4) is 0 Å². The summed E-state index contributed by atoms with van der Waals surface area (Å²) in [5, 5.41) is 2.11. The summed E-state index contributed by atoms with van der Waals surface area (Å²) in [5.41, 5.74) is 6.17. The van der Waals surface area contributed by atoms with Crippen LogP contribution in [0.15, 0.2) is 18.2 Å². The summed E-state index contributed by atoms with van der Waals surface area (Å²) in [6.07, 6.45) is 0. The summed E-state index contributed by atoms with van der Waals surface area (Å²) in [4.78, 5) is 11.4. The average Bonchev–Trinajstić information content (AvgIpc) is 2.70. The summed E-state index contributed by atoms with van der Waals surface area (Å²) < 4.78 is 4.70. The van der Waals surface area contributed by atoms with E-state index in [1.165, 1.54) is 7.11 Å². The number of hydrogen-bond acceptors (Lipinski definition) is 4. The van der Waals surface area contributed by atoms with Gasteiger partial charge in [0.1, 0.15) is 0 Å². The van der Waals surface area contributed by atoms with E-state index < -0.39 is 0 Å². The molecule has 0 saturated heterocycles. The molecule has 2 rings (SSSR count). The first kappa shape index (κ1) is 11.0. The van der Waals surface area contributed by atoms with Crippen molar-refractivity contribution in [2.75, 3.05) is 12.1 Å². The highest BCUT2D eigenvalue weighted by Crippen LogP contribution is 2.27. The lowest BCUT2D eigenvalue weighted by Gasteiger charge is -2.23. The number of hydrazine groups is 1. The molecule has 4 heteroatoms. The number of ether oxygens (including phenoxy) is 1. The molecule has 0 bridgehead atoms. The SMILES string of the molecule is COC(=O)c1ccc2c(c1)CNN2C(C)C. The highest BCUT2D eigenvalue weighted by molar-refractivity contribution is 5.90. The van der Waals surface area contributed by atoms with Crippen LogP contribution in [0.1, 0.15) is 29.8 Å². The minimum atomic E-state index is -0.286. The highest BCUT2D eigenvalue weighted by atomic mass is 16.5. The van der Waals surface area contributed by atoms with Gasteiger partial charge in [-0.2, -0.15) is 0 Å². The van der Waals surface area contributed by atoms with Crippen LogP contribution in [0.5, 0.6) is 0 Å². The molecule has 0 unspecified atom stereocenters. The van der Waals surface area contributed by atoms with E-state index in [2.05, 4.69) is 24.3 Å². The molecule has 0 saturated carbocycles. The Labute approximate surface area is 95.2 Å². The van der Waals surface area contributed by atoms with Crippen LogP contribution in [0.25, 0.3) is 0 Å². The topological polar surface area (TPSA) is 41.6 Å². The molecule has 1 heterocycles. The standard InChI is InChI=1S/C12H16N2O2/c1-8(2)14-11-5-4-9(12(15)16-3)6-10(11)7-13-14/h4-6,8,13H,7H2,1-3H3. The fourth-order valence-electron chi connectivity index (χ4n) is 1.92. The third-order valence-corrected chi connectivity index (χ3v) is 2.72. The van der Waals surface area contributed by atoms with Gasteiger partial charge in [-0.3, -0.25) is 0 Å². The lowest BCUT2D eigenvalue weighted by molar-refractivity contribution is 0.0600. The molecule has 0 spiro atoms. The van der Waals surface area contributed by atoms with Crippen LogP contribution in [-0.2, 0) is 11.3 Å². The molecule has 0 fully saturated rings. The Balaban J connectivity index is 2.33. The van der Waals surface area contributed by atoms with E-state index in [1.807, 2.05) is 12.1 Å². The van der Waals surface area contributed by atoms with Crippen molar-refractivity contribution in [2.45, 2.75) is 26.4 Å². The number of benzene rings is 1.